The molecule has 3 heterocycles. The molecule has 2 aromatic heterocycles. The molecule has 0 saturated carbocycles. The number of carbonyl (C=O) groups is 1. The first-order valence-electron chi connectivity index (χ1n) is 9.86. The Kier molecular flexibility index (Phi) is 5.53. The van der Waals surface area contributed by atoms with Crippen LogP contribution in [0.4, 0.5) is 11.5 Å². The molecule has 0 atom stereocenters. The summed E-state index contributed by atoms with van der Waals surface area (Å²) in [6.45, 7) is 4.63. The number of hydrogen-bond acceptors (Lipinski definition) is 6. The quantitative estimate of drug-likeness (QED) is 0.616. The number of pyridine rings is 1. The van der Waals surface area contributed by atoms with Gasteiger partial charge in [-0.25, -0.2) is 9.97 Å². The summed E-state index contributed by atoms with van der Waals surface area (Å²) in [6, 6.07) is 11.1. The van der Waals surface area contributed by atoms with Gasteiger partial charge >= 0.3 is 0 Å². The topological polar surface area (TPSA) is 113 Å². The SMILES string of the molecule is CC1CCN(c2ccc(C(=O)Nc3ccc(-c4n[nH]c(CN)n4)cc3)cn2)CC1. The molecular weight excluding hydrogens is 366 g/mol. The zero-order valence-electron chi connectivity index (χ0n) is 16.4. The highest BCUT2D eigenvalue weighted by atomic mass is 16.1. The predicted octanol–water partition coefficient (Wildman–Crippen LogP) is 2.81. The number of nitrogens with two attached hydrogens (primary N) is 1. The second-order valence-electron chi connectivity index (χ2n) is 7.42. The standard InChI is InChI=1S/C21H25N7O/c1-14-8-10-28(11-9-14)19-7-4-16(13-23-19)21(29)24-17-5-2-15(3-6-17)20-25-18(12-22)26-27-20/h2-7,13-14H,8-12,22H2,1H3,(H,24,29)(H,25,26,27). The van der Waals surface area contributed by atoms with Crippen LogP contribution in [0.25, 0.3) is 11.4 Å². The van der Waals surface area contributed by atoms with Gasteiger partial charge in [-0.3, -0.25) is 9.89 Å². The smallest absolute Gasteiger partial charge is 0.257 e. The highest BCUT2D eigenvalue weighted by Gasteiger charge is 2.17. The zero-order chi connectivity index (χ0) is 20.2. The molecule has 8 nitrogen and oxygen atoms in total. The Hall–Kier alpha value is -3.26. The minimum atomic E-state index is -0.188. The van der Waals surface area contributed by atoms with Gasteiger partial charge in [0.15, 0.2) is 5.82 Å². The lowest BCUT2D eigenvalue weighted by Gasteiger charge is -2.31. The molecule has 4 rings (SSSR count). The van der Waals surface area contributed by atoms with Gasteiger partial charge in [-0.2, -0.15) is 5.10 Å². The van der Waals surface area contributed by atoms with E-state index >= 15 is 0 Å². The minimum absolute atomic E-state index is 0.188. The largest absolute Gasteiger partial charge is 0.357 e. The summed E-state index contributed by atoms with van der Waals surface area (Å²) < 4.78 is 0. The van der Waals surface area contributed by atoms with Crippen LogP contribution >= 0.6 is 0 Å². The number of carbonyl (C=O) groups excluding carboxylic acids is 1. The van der Waals surface area contributed by atoms with Crippen LogP contribution in [0.1, 0.15) is 35.9 Å². The number of hydrogen-bond donors (Lipinski definition) is 3. The Bertz CT molecular complexity index is 957. The van der Waals surface area contributed by atoms with Gasteiger partial charge in [0.2, 0.25) is 0 Å². The van der Waals surface area contributed by atoms with Crippen molar-refractivity contribution < 1.29 is 4.79 Å². The number of amides is 1. The van der Waals surface area contributed by atoms with Crippen molar-refractivity contribution in [3.05, 3.63) is 54.0 Å². The van der Waals surface area contributed by atoms with E-state index in [0.29, 0.717) is 29.4 Å². The van der Waals surface area contributed by atoms with Crippen LogP contribution < -0.4 is 16.0 Å². The number of aromatic amines is 1. The van der Waals surface area contributed by atoms with E-state index in [9.17, 15) is 4.79 Å². The molecule has 0 spiro atoms. The number of benzene rings is 1. The van der Waals surface area contributed by atoms with Crippen molar-refractivity contribution >= 4 is 17.4 Å². The third-order valence-corrected chi connectivity index (χ3v) is 5.24. The molecule has 4 N–H and O–H groups in total. The van der Waals surface area contributed by atoms with E-state index in [0.717, 1.165) is 30.4 Å². The van der Waals surface area contributed by atoms with E-state index in [1.807, 2.05) is 36.4 Å². The van der Waals surface area contributed by atoms with E-state index in [2.05, 4.69) is 37.3 Å². The molecular formula is C21H25N7O. The second-order valence-corrected chi connectivity index (χ2v) is 7.42. The summed E-state index contributed by atoms with van der Waals surface area (Å²) in [5.41, 5.74) is 7.62. The van der Waals surface area contributed by atoms with Crippen LogP contribution in [0, 0.1) is 5.92 Å². The second kappa shape index (κ2) is 8.40. The predicted molar refractivity (Wildman–Crippen MR) is 113 cm³/mol. The molecule has 1 aliphatic rings. The van der Waals surface area contributed by atoms with Crippen molar-refractivity contribution in [2.45, 2.75) is 26.3 Å². The lowest BCUT2D eigenvalue weighted by atomic mass is 9.99. The normalized spacial score (nSPS) is 14.8. The van der Waals surface area contributed by atoms with Crippen molar-refractivity contribution in [1.82, 2.24) is 20.2 Å². The van der Waals surface area contributed by atoms with Crippen LogP contribution in [0.15, 0.2) is 42.6 Å². The van der Waals surface area contributed by atoms with Crippen LogP contribution in [-0.4, -0.2) is 39.2 Å². The molecule has 8 heteroatoms. The summed E-state index contributed by atoms with van der Waals surface area (Å²) in [5, 5.41) is 9.81. The van der Waals surface area contributed by atoms with Gasteiger partial charge in [-0.05, 0) is 55.2 Å². The van der Waals surface area contributed by atoms with Crippen LogP contribution in [0.5, 0.6) is 0 Å². The fourth-order valence-electron chi connectivity index (χ4n) is 3.37. The van der Waals surface area contributed by atoms with Gasteiger partial charge in [0.05, 0.1) is 12.1 Å². The summed E-state index contributed by atoms with van der Waals surface area (Å²) >= 11 is 0. The highest BCUT2D eigenvalue weighted by molar-refractivity contribution is 6.04. The van der Waals surface area contributed by atoms with E-state index < -0.39 is 0 Å². The molecule has 1 fully saturated rings. The van der Waals surface area contributed by atoms with Gasteiger partial charge in [0, 0.05) is 30.5 Å². The maximum atomic E-state index is 12.5. The maximum Gasteiger partial charge on any atom is 0.257 e. The number of anilines is 2. The Labute approximate surface area is 169 Å². The third kappa shape index (κ3) is 4.43. The summed E-state index contributed by atoms with van der Waals surface area (Å²) in [6.07, 6.45) is 4.00. The molecule has 0 radical (unpaired) electrons. The molecule has 1 amide bonds. The van der Waals surface area contributed by atoms with Gasteiger partial charge in [0.1, 0.15) is 11.6 Å². The van der Waals surface area contributed by atoms with E-state index in [-0.39, 0.29) is 5.91 Å². The Balaban J connectivity index is 1.38. The summed E-state index contributed by atoms with van der Waals surface area (Å²) in [5.74, 6) is 2.73. The van der Waals surface area contributed by atoms with Crippen LogP contribution in [0.2, 0.25) is 0 Å². The maximum absolute atomic E-state index is 12.5. The van der Waals surface area contributed by atoms with Crippen LogP contribution in [-0.2, 0) is 6.54 Å². The van der Waals surface area contributed by atoms with Crippen molar-refractivity contribution in [2.75, 3.05) is 23.3 Å². The first-order valence-corrected chi connectivity index (χ1v) is 9.86. The lowest BCUT2D eigenvalue weighted by Crippen LogP contribution is -2.33. The number of rotatable bonds is 5. The van der Waals surface area contributed by atoms with Crippen molar-refractivity contribution in [1.29, 1.82) is 0 Å². The molecule has 3 aromatic rings. The molecule has 150 valence electrons. The first-order chi connectivity index (χ1) is 14.1. The number of H-pyrrole nitrogens is 1. The molecule has 0 aliphatic carbocycles. The van der Waals surface area contributed by atoms with E-state index in [4.69, 9.17) is 5.73 Å². The molecule has 1 aromatic carbocycles. The average molecular weight is 391 g/mol. The fourth-order valence-corrected chi connectivity index (χ4v) is 3.37. The first kappa shape index (κ1) is 19.1. The van der Waals surface area contributed by atoms with Crippen molar-refractivity contribution in [3.8, 4) is 11.4 Å². The molecule has 0 unspecified atom stereocenters. The van der Waals surface area contributed by atoms with Crippen LogP contribution in [0.3, 0.4) is 0 Å². The Morgan fingerprint density at radius 3 is 2.59 bits per heavy atom. The van der Waals surface area contributed by atoms with Gasteiger partial charge in [-0.1, -0.05) is 6.92 Å². The fraction of sp³-hybridized carbons (Fsp3) is 0.333. The number of nitrogens with zero attached hydrogens (tertiary/aromatic N) is 4. The van der Waals surface area contributed by atoms with Crippen molar-refractivity contribution in [2.24, 2.45) is 11.7 Å². The molecule has 29 heavy (non-hydrogen) atoms. The third-order valence-electron chi connectivity index (χ3n) is 5.24. The number of nitrogens with one attached hydrogen (secondary N) is 2. The zero-order valence-corrected chi connectivity index (χ0v) is 16.4. The summed E-state index contributed by atoms with van der Waals surface area (Å²) in [4.78, 5) is 23.6. The Morgan fingerprint density at radius 2 is 1.97 bits per heavy atom. The van der Waals surface area contributed by atoms with E-state index in [1.54, 1.807) is 6.20 Å². The van der Waals surface area contributed by atoms with Crippen molar-refractivity contribution in [3.63, 3.8) is 0 Å². The average Bonchev–Trinajstić information content (AvgIpc) is 3.24. The number of piperidine rings is 1. The molecule has 1 aliphatic heterocycles. The molecule has 0 bridgehead atoms. The monoisotopic (exact) mass is 391 g/mol. The van der Waals surface area contributed by atoms with Gasteiger partial charge < -0.3 is 16.0 Å². The highest BCUT2D eigenvalue weighted by Crippen LogP contribution is 2.22. The summed E-state index contributed by atoms with van der Waals surface area (Å²) in [7, 11) is 0. The minimum Gasteiger partial charge on any atom is -0.357 e. The van der Waals surface area contributed by atoms with Gasteiger partial charge in [-0.15, -0.1) is 0 Å². The Morgan fingerprint density at radius 1 is 1.21 bits per heavy atom. The number of aromatic nitrogens is 4. The van der Waals surface area contributed by atoms with E-state index in [1.165, 1.54) is 12.8 Å². The van der Waals surface area contributed by atoms with Gasteiger partial charge in [0.25, 0.3) is 5.91 Å². The lowest BCUT2D eigenvalue weighted by molar-refractivity contribution is 0.102. The molecule has 1 saturated heterocycles.